The number of nitrogens with one attached hydrogen (secondary N) is 1. The highest BCUT2D eigenvalue weighted by molar-refractivity contribution is 5.98. The topological polar surface area (TPSA) is 102 Å². The predicted molar refractivity (Wildman–Crippen MR) is 134 cm³/mol. The number of ether oxygens (including phenoxy) is 1. The van der Waals surface area contributed by atoms with Crippen LogP contribution in [-0.4, -0.2) is 43.1 Å². The summed E-state index contributed by atoms with van der Waals surface area (Å²) in [7, 11) is 0. The Bertz CT molecular complexity index is 1650. The van der Waals surface area contributed by atoms with Crippen LogP contribution in [0.25, 0.3) is 22.2 Å². The predicted octanol–water partition coefficient (Wildman–Crippen LogP) is 5.27. The highest BCUT2D eigenvalue weighted by atomic mass is 19.3. The fourth-order valence-corrected chi connectivity index (χ4v) is 6.16. The summed E-state index contributed by atoms with van der Waals surface area (Å²) in [5, 5.41) is 13.8. The normalized spacial score (nSPS) is 22.5. The maximum atomic E-state index is 13.6. The van der Waals surface area contributed by atoms with E-state index in [1.165, 1.54) is 12.1 Å². The summed E-state index contributed by atoms with van der Waals surface area (Å²) in [6.45, 7) is -3.05. The molecule has 0 spiro atoms. The van der Waals surface area contributed by atoms with Crippen LogP contribution in [0.1, 0.15) is 71.8 Å². The minimum atomic E-state index is -3.05. The van der Waals surface area contributed by atoms with Gasteiger partial charge in [-0.05, 0) is 49.1 Å². The van der Waals surface area contributed by atoms with E-state index in [0.717, 1.165) is 11.1 Å². The fraction of sp³-hybridized carbons (Fsp3) is 0.357. The standard InChI is InChI=1S/C28H23F4N5O3/c29-26(30)40-21-3-1-2-16-22(21)20-11-18(36-24(16)38)23-35-17-5-4-14(10-19(17)37(20)23)15-12-33-25(34-13-15)27(39)6-8-28(31,32)9-7-27/h1-5,10,12-13,18,20,26,39H,6-9,11H2,(H,36,38)/t18-,20-/m1/s1. The van der Waals surface area contributed by atoms with Gasteiger partial charge in [0.1, 0.15) is 17.2 Å². The molecule has 2 aromatic heterocycles. The summed E-state index contributed by atoms with van der Waals surface area (Å²) >= 11 is 0. The van der Waals surface area contributed by atoms with Gasteiger partial charge >= 0.3 is 6.61 Å². The molecule has 2 aromatic carbocycles. The van der Waals surface area contributed by atoms with Gasteiger partial charge in [0.2, 0.25) is 5.92 Å². The molecule has 1 fully saturated rings. The number of alkyl halides is 4. The van der Waals surface area contributed by atoms with Crippen LogP contribution in [0.15, 0.2) is 48.8 Å². The first kappa shape index (κ1) is 24.9. The van der Waals surface area contributed by atoms with E-state index in [4.69, 9.17) is 9.72 Å². The summed E-state index contributed by atoms with van der Waals surface area (Å²) in [5.41, 5.74) is 1.92. The van der Waals surface area contributed by atoms with Crippen molar-refractivity contribution < 1.29 is 32.2 Å². The van der Waals surface area contributed by atoms with Gasteiger partial charge in [-0.3, -0.25) is 4.79 Å². The quantitative estimate of drug-likeness (QED) is 0.334. The van der Waals surface area contributed by atoms with Crippen LogP contribution in [0.3, 0.4) is 0 Å². The third-order valence-corrected chi connectivity index (χ3v) is 8.17. The third-order valence-electron chi connectivity index (χ3n) is 8.17. The lowest BCUT2D eigenvalue weighted by Gasteiger charge is -2.34. The number of nitrogens with zero attached hydrogens (tertiary/aromatic N) is 4. The third kappa shape index (κ3) is 3.92. The summed E-state index contributed by atoms with van der Waals surface area (Å²) in [6.07, 6.45) is 2.43. The zero-order chi connectivity index (χ0) is 27.8. The Morgan fingerprint density at radius 1 is 1.05 bits per heavy atom. The van der Waals surface area contributed by atoms with Gasteiger partial charge < -0.3 is 19.7 Å². The minimum Gasteiger partial charge on any atom is -0.434 e. The fourth-order valence-electron chi connectivity index (χ4n) is 6.16. The van der Waals surface area contributed by atoms with Gasteiger partial charge in [-0.15, -0.1) is 0 Å². The van der Waals surface area contributed by atoms with Crippen LogP contribution in [0.5, 0.6) is 5.75 Å². The van der Waals surface area contributed by atoms with Crippen molar-refractivity contribution in [3.63, 3.8) is 0 Å². The van der Waals surface area contributed by atoms with Crippen LogP contribution in [-0.2, 0) is 5.60 Å². The number of carbonyl (C=O) groups excluding carboxylic acids is 1. The maximum Gasteiger partial charge on any atom is 0.387 e. The molecule has 0 radical (unpaired) electrons. The van der Waals surface area contributed by atoms with Crippen molar-refractivity contribution >= 4 is 16.9 Å². The number of carbonyl (C=O) groups is 1. The Labute approximate surface area is 225 Å². The highest BCUT2D eigenvalue weighted by Crippen LogP contribution is 2.48. The molecule has 2 bridgehead atoms. The Morgan fingerprint density at radius 2 is 1.80 bits per heavy atom. The molecule has 2 N–H and O–H groups in total. The van der Waals surface area contributed by atoms with Gasteiger partial charge in [0.25, 0.3) is 5.91 Å². The molecular weight excluding hydrogens is 530 g/mol. The Hall–Kier alpha value is -4.06. The van der Waals surface area contributed by atoms with E-state index >= 15 is 0 Å². The first-order chi connectivity index (χ1) is 19.1. The van der Waals surface area contributed by atoms with Gasteiger partial charge in [0.15, 0.2) is 5.82 Å². The molecule has 2 atom stereocenters. The number of hydrogen-bond acceptors (Lipinski definition) is 6. The zero-order valence-corrected chi connectivity index (χ0v) is 21.0. The van der Waals surface area contributed by atoms with Crippen molar-refractivity contribution in [1.82, 2.24) is 24.8 Å². The highest BCUT2D eigenvalue weighted by Gasteiger charge is 2.45. The Balaban J connectivity index is 1.28. The van der Waals surface area contributed by atoms with E-state index in [-0.39, 0.29) is 35.9 Å². The lowest BCUT2D eigenvalue weighted by atomic mass is 9.82. The Morgan fingerprint density at radius 3 is 2.52 bits per heavy atom. The monoisotopic (exact) mass is 553 g/mol. The van der Waals surface area contributed by atoms with Crippen LogP contribution < -0.4 is 10.1 Å². The van der Waals surface area contributed by atoms with E-state index in [1.807, 2.05) is 22.8 Å². The summed E-state index contributed by atoms with van der Waals surface area (Å²) in [6, 6.07) is 9.19. The largest absolute Gasteiger partial charge is 0.434 e. The van der Waals surface area contributed by atoms with Crippen LogP contribution >= 0.6 is 0 Å². The van der Waals surface area contributed by atoms with Crippen molar-refractivity contribution in [2.45, 2.75) is 62.3 Å². The summed E-state index contributed by atoms with van der Waals surface area (Å²) < 4.78 is 60.5. The molecule has 206 valence electrons. The first-order valence-corrected chi connectivity index (χ1v) is 13.0. The minimum absolute atomic E-state index is 0.0541. The molecule has 3 aliphatic rings. The summed E-state index contributed by atoms with van der Waals surface area (Å²) in [4.78, 5) is 26.3. The molecule has 4 heterocycles. The number of amides is 1. The van der Waals surface area contributed by atoms with Crippen molar-refractivity contribution in [3.05, 3.63) is 71.6 Å². The second-order valence-corrected chi connectivity index (χ2v) is 10.6. The van der Waals surface area contributed by atoms with Crippen molar-refractivity contribution in [2.75, 3.05) is 0 Å². The number of imidazole rings is 1. The molecule has 0 saturated heterocycles. The van der Waals surface area contributed by atoms with Gasteiger partial charge in [-0.25, -0.2) is 23.7 Å². The molecule has 4 aromatic rings. The van der Waals surface area contributed by atoms with E-state index in [9.17, 15) is 27.5 Å². The first-order valence-electron chi connectivity index (χ1n) is 13.0. The lowest BCUT2D eigenvalue weighted by molar-refractivity contribution is -0.110. The van der Waals surface area contributed by atoms with Gasteiger partial charge in [-0.1, -0.05) is 12.1 Å². The molecule has 8 nitrogen and oxygen atoms in total. The number of benzene rings is 2. The van der Waals surface area contributed by atoms with Crippen molar-refractivity contribution in [1.29, 1.82) is 0 Å². The number of aliphatic hydroxyl groups is 1. The van der Waals surface area contributed by atoms with E-state index in [2.05, 4.69) is 15.3 Å². The van der Waals surface area contributed by atoms with Crippen molar-refractivity contribution in [2.24, 2.45) is 0 Å². The molecular formula is C28H23F4N5O3. The van der Waals surface area contributed by atoms with Gasteiger partial charge in [-0.2, -0.15) is 8.78 Å². The average Bonchev–Trinajstić information content (AvgIpc) is 3.42. The smallest absolute Gasteiger partial charge is 0.387 e. The zero-order valence-electron chi connectivity index (χ0n) is 21.0. The van der Waals surface area contributed by atoms with E-state index in [1.54, 1.807) is 18.5 Å². The van der Waals surface area contributed by atoms with Gasteiger partial charge in [0.05, 0.1) is 23.1 Å². The molecule has 1 amide bonds. The average molecular weight is 554 g/mol. The SMILES string of the molecule is O=C1N[C@@H]2C[C@H](c3c(OC(F)F)cccc31)n1c2nc2ccc(-c3cnc(C4(O)CCC(F)(F)CC4)nc3)cc21. The molecule has 40 heavy (non-hydrogen) atoms. The van der Waals surface area contributed by atoms with Crippen LogP contribution in [0, 0.1) is 0 Å². The number of halogens is 4. The second-order valence-electron chi connectivity index (χ2n) is 10.6. The number of hydrogen-bond donors (Lipinski definition) is 2. The molecule has 1 aliphatic carbocycles. The number of rotatable bonds is 4. The molecule has 2 aliphatic heterocycles. The van der Waals surface area contributed by atoms with Gasteiger partial charge in [0, 0.05) is 41.9 Å². The molecule has 12 heteroatoms. The van der Waals surface area contributed by atoms with Crippen LogP contribution in [0.2, 0.25) is 0 Å². The Kier molecular flexibility index (Phi) is 5.44. The lowest BCUT2D eigenvalue weighted by Crippen LogP contribution is -2.37. The summed E-state index contributed by atoms with van der Waals surface area (Å²) in [5.74, 6) is -2.49. The molecule has 1 saturated carbocycles. The van der Waals surface area contributed by atoms with E-state index < -0.39 is 43.1 Å². The second kappa shape index (κ2) is 8.72. The molecule has 0 unspecified atom stereocenters. The molecule has 7 rings (SSSR count). The van der Waals surface area contributed by atoms with Crippen molar-refractivity contribution in [3.8, 4) is 16.9 Å². The van der Waals surface area contributed by atoms with E-state index in [0.29, 0.717) is 28.9 Å². The number of aromatic nitrogens is 4. The maximum absolute atomic E-state index is 13.6. The van der Waals surface area contributed by atoms with Crippen LogP contribution in [0.4, 0.5) is 17.6 Å². The number of fused-ring (bicyclic) bond motifs is 9.